The second-order valence-corrected chi connectivity index (χ2v) is 9.16. The molecule has 0 nitrogen and oxygen atoms in total. The summed E-state index contributed by atoms with van der Waals surface area (Å²) in [5, 5.41) is 0. The molecule has 1 aliphatic rings. The van der Waals surface area contributed by atoms with Crippen LogP contribution >= 0.6 is 0 Å². The Bertz CT molecular complexity index is 1400. The van der Waals surface area contributed by atoms with Crippen LogP contribution in [0.3, 0.4) is 0 Å². The molecule has 4 aromatic rings. The predicted octanol–water partition coefficient (Wildman–Crippen LogP) is 8.73. The summed E-state index contributed by atoms with van der Waals surface area (Å²) in [6.45, 7) is 13.0. The van der Waals surface area contributed by atoms with Crippen molar-refractivity contribution in [3.63, 3.8) is 0 Å². The number of fused-ring (bicyclic) bond motifs is 3. The van der Waals surface area contributed by atoms with E-state index in [1.165, 1.54) is 61.2 Å². The van der Waals surface area contributed by atoms with Gasteiger partial charge in [0.25, 0.3) is 0 Å². The van der Waals surface area contributed by atoms with Crippen LogP contribution < -0.4 is 0 Å². The molecule has 0 amide bonds. The summed E-state index contributed by atoms with van der Waals surface area (Å²) in [5.41, 5.74) is 14.3. The number of rotatable bonds is 4. The van der Waals surface area contributed by atoms with Gasteiger partial charge >= 0.3 is 0 Å². The fourth-order valence-electron chi connectivity index (χ4n) is 5.83. The highest BCUT2D eigenvalue weighted by atomic mass is 14.5. The zero-order valence-corrected chi connectivity index (χ0v) is 19.9. The molecule has 0 bridgehead atoms. The van der Waals surface area contributed by atoms with E-state index < -0.39 is 0 Å². The van der Waals surface area contributed by atoms with Gasteiger partial charge in [-0.05, 0) is 83.3 Å². The quantitative estimate of drug-likeness (QED) is 0.286. The molecule has 0 saturated carbocycles. The first-order valence-electron chi connectivity index (χ1n) is 11.7. The first kappa shape index (κ1) is 21.2. The molecule has 1 unspecified atom stereocenters. The smallest absolute Gasteiger partial charge is 0.0673 e. The molecular weight excluding hydrogens is 396 g/mol. The second kappa shape index (κ2) is 8.05. The molecule has 0 aliphatic heterocycles. The van der Waals surface area contributed by atoms with Gasteiger partial charge < -0.3 is 0 Å². The van der Waals surface area contributed by atoms with Gasteiger partial charge in [0.2, 0.25) is 0 Å². The minimum Gasteiger partial charge on any atom is -0.0991 e. The Morgan fingerprint density at radius 3 is 2.09 bits per heavy atom. The van der Waals surface area contributed by atoms with Crippen molar-refractivity contribution in [3.05, 3.63) is 143 Å². The average Bonchev–Trinajstić information content (AvgIpc) is 3.14. The van der Waals surface area contributed by atoms with Crippen LogP contribution in [0.15, 0.2) is 109 Å². The van der Waals surface area contributed by atoms with Crippen molar-refractivity contribution >= 4 is 0 Å². The molecule has 4 aromatic carbocycles. The highest BCUT2D eigenvalue weighted by Gasteiger charge is 2.46. The van der Waals surface area contributed by atoms with E-state index in [0.717, 1.165) is 0 Å². The standard InChI is InChI=1S/C33H30/c1-6-13-23(3)33(26-15-8-7-9-16-26)30-19-11-10-17-29(30)32-25(5)28(20-21-31(32)33)27-18-12-14-22(2)24(27)4/h6-21H,1H2,2-5H3/b23-13+. The van der Waals surface area contributed by atoms with Crippen LogP contribution in [-0.4, -0.2) is 0 Å². The zero-order chi connectivity index (χ0) is 23.2. The SMILES string of the molecule is C=C/C=C(\C)C1(c2ccccc2)c2ccccc2-c2c1ccc(-c1cccc(C)c1C)c2C. The summed E-state index contributed by atoms with van der Waals surface area (Å²) in [4.78, 5) is 0. The van der Waals surface area contributed by atoms with Crippen LogP contribution in [0.5, 0.6) is 0 Å². The van der Waals surface area contributed by atoms with Crippen LogP contribution in [-0.2, 0) is 5.41 Å². The number of aryl methyl sites for hydroxylation is 1. The van der Waals surface area contributed by atoms with Crippen molar-refractivity contribution in [2.45, 2.75) is 33.1 Å². The molecular formula is C33H30. The molecule has 0 saturated heterocycles. The number of benzene rings is 4. The van der Waals surface area contributed by atoms with E-state index in [-0.39, 0.29) is 5.41 Å². The summed E-state index contributed by atoms with van der Waals surface area (Å²) >= 11 is 0. The predicted molar refractivity (Wildman–Crippen MR) is 142 cm³/mol. The first-order chi connectivity index (χ1) is 16.0. The van der Waals surface area contributed by atoms with Gasteiger partial charge in [0.05, 0.1) is 5.41 Å². The maximum absolute atomic E-state index is 4.02. The Hall–Kier alpha value is -3.64. The monoisotopic (exact) mass is 426 g/mol. The van der Waals surface area contributed by atoms with Crippen molar-refractivity contribution < 1.29 is 0 Å². The molecule has 0 N–H and O–H groups in total. The topological polar surface area (TPSA) is 0 Å². The van der Waals surface area contributed by atoms with Gasteiger partial charge in [0.1, 0.15) is 0 Å². The number of allylic oxidation sites excluding steroid dienone is 3. The van der Waals surface area contributed by atoms with E-state index in [1.54, 1.807) is 0 Å². The molecule has 33 heavy (non-hydrogen) atoms. The molecule has 0 spiro atoms. The highest BCUT2D eigenvalue weighted by Crippen LogP contribution is 2.58. The lowest BCUT2D eigenvalue weighted by atomic mass is 9.67. The zero-order valence-electron chi connectivity index (χ0n) is 19.9. The molecule has 162 valence electrons. The fourth-order valence-corrected chi connectivity index (χ4v) is 5.83. The van der Waals surface area contributed by atoms with Gasteiger partial charge in [-0.25, -0.2) is 0 Å². The lowest BCUT2D eigenvalue weighted by molar-refractivity contribution is 0.746. The van der Waals surface area contributed by atoms with Crippen LogP contribution in [0.4, 0.5) is 0 Å². The third-order valence-corrected chi connectivity index (χ3v) is 7.53. The maximum Gasteiger partial charge on any atom is 0.0673 e. The minimum atomic E-state index is -0.327. The Morgan fingerprint density at radius 2 is 1.33 bits per heavy atom. The van der Waals surface area contributed by atoms with Crippen molar-refractivity contribution in [3.8, 4) is 22.3 Å². The van der Waals surface area contributed by atoms with Gasteiger partial charge in [-0.1, -0.05) is 109 Å². The van der Waals surface area contributed by atoms with Crippen LogP contribution in [0, 0.1) is 20.8 Å². The Balaban J connectivity index is 1.91. The third-order valence-electron chi connectivity index (χ3n) is 7.53. The van der Waals surface area contributed by atoms with E-state index in [4.69, 9.17) is 0 Å². The lowest BCUT2D eigenvalue weighted by Gasteiger charge is -2.34. The van der Waals surface area contributed by atoms with E-state index in [1.807, 2.05) is 6.08 Å². The van der Waals surface area contributed by atoms with Gasteiger partial charge in [0, 0.05) is 0 Å². The fraction of sp³-hybridized carbons (Fsp3) is 0.152. The average molecular weight is 427 g/mol. The molecule has 0 fully saturated rings. The van der Waals surface area contributed by atoms with Gasteiger partial charge in [-0.15, -0.1) is 0 Å². The van der Waals surface area contributed by atoms with Crippen LogP contribution in [0.1, 0.15) is 40.3 Å². The van der Waals surface area contributed by atoms with E-state index in [2.05, 4.69) is 125 Å². The summed E-state index contributed by atoms with van der Waals surface area (Å²) in [5.74, 6) is 0. The summed E-state index contributed by atoms with van der Waals surface area (Å²) < 4.78 is 0. The molecule has 1 atom stereocenters. The summed E-state index contributed by atoms with van der Waals surface area (Å²) in [6, 6.07) is 31.2. The third kappa shape index (κ3) is 2.98. The normalized spacial score (nSPS) is 16.9. The van der Waals surface area contributed by atoms with E-state index >= 15 is 0 Å². The van der Waals surface area contributed by atoms with E-state index in [9.17, 15) is 0 Å². The Kier molecular flexibility index (Phi) is 5.17. The van der Waals surface area contributed by atoms with Gasteiger partial charge in [0.15, 0.2) is 0 Å². The van der Waals surface area contributed by atoms with Crippen molar-refractivity contribution in [2.24, 2.45) is 0 Å². The minimum absolute atomic E-state index is 0.327. The van der Waals surface area contributed by atoms with Gasteiger partial charge in [-0.2, -0.15) is 0 Å². The molecule has 0 heterocycles. The molecule has 0 aromatic heterocycles. The molecule has 0 radical (unpaired) electrons. The lowest BCUT2D eigenvalue weighted by Crippen LogP contribution is -2.28. The highest BCUT2D eigenvalue weighted by molar-refractivity contribution is 5.91. The maximum atomic E-state index is 4.02. The Labute approximate surface area is 198 Å². The molecule has 5 rings (SSSR count). The second-order valence-electron chi connectivity index (χ2n) is 9.16. The molecule has 0 heteroatoms. The Morgan fingerprint density at radius 1 is 0.667 bits per heavy atom. The van der Waals surface area contributed by atoms with Gasteiger partial charge in [-0.3, -0.25) is 0 Å². The number of hydrogen-bond acceptors (Lipinski definition) is 0. The molecule has 1 aliphatic carbocycles. The van der Waals surface area contributed by atoms with Crippen LogP contribution in [0.25, 0.3) is 22.3 Å². The summed E-state index contributed by atoms with van der Waals surface area (Å²) in [7, 11) is 0. The largest absolute Gasteiger partial charge is 0.0991 e. The first-order valence-corrected chi connectivity index (χ1v) is 11.7. The van der Waals surface area contributed by atoms with Crippen molar-refractivity contribution in [1.29, 1.82) is 0 Å². The van der Waals surface area contributed by atoms with E-state index in [0.29, 0.717) is 0 Å². The summed E-state index contributed by atoms with van der Waals surface area (Å²) in [6.07, 6.45) is 4.09. The van der Waals surface area contributed by atoms with Crippen molar-refractivity contribution in [2.75, 3.05) is 0 Å². The van der Waals surface area contributed by atoms with Crippen LogP contribution in [0.2, 0.25) is 0 Å². The number of hydrogen-bond donors (Lipinski definition) is 0. The van der Waals surface area contributed by atoms with Crippen molar-refractivity contribution in [1.82, 2.24) is 0 Å².